The second-order valence-corrected chi connectivity index (χ2v) is 4.75. The largest absolute Gasteiger partial charge is 0.483 e. The molecule has 1 aliphatic carbocycles. The van der Waals surface area contributed by atoms with Crippen molar-refractivity contribution in [3.05, 3.63) is 54.1 Å². The van der Waals surface area contributed by atoms with Gasteiger partial charge in [-0.05, 0) is 30.7 Å². The maximum absolute atomic E-state index is 6.03. The van der Waals surface area contributed by atoms with Crippen molar-refractivity contribution in [3.8, 4) is 5.75 Å². The van der Waals surface area contributed by atoms with E-state index in [1.54, 1.807) is 0 Å². The van der Waals surface area contributed by atoms with Gasteiger partial charge in [0.1, 0.15) is 11.4 Å². The molecule has 0 aliphatic heterocycles. The first-order valence-electron chi connectivity index (χ1n) is 5.40. The molecular weight excluding hydrogens is 264 g/mol. The van der Waals surface area contributed by atoms with Gasteiger partial charge in [-0.2, -0.15) is 0 Å². The molecule has 1 atom stereocenters. The fourth-order valence-electron chi connectivity index (χ4n) is 1.74. The highest BCUT2D eigenvalue weighted by Crippen LogP contribution is 2.26. The van der Waals surface area contributed by atoms with Crippen LogP contribution in [-0.4, -0.2) is 5.60 Å². The van der Waals surface area contributed by atoms with E-state index in [0.717, 1.165) is 17.5 Å². The Morgan fingerprint density at radius 1 is 1.38 bits per heavy atom. The highest BCUT2D eigenvalue weighted by atomic mass is 79.9. The second kappa shape index (κ2) is 4.88. The fourth-order valence-corrected chi connectivity index (χ4v) is 2.09. The molecule has 0 N–H and O–H groups in total. The predicted octanol–water partition coefficient (Wildman–Crippen LogP) is 4.24. The summed E-state index contributed by atoms with van der Waals surface area (Å²) >= 11 is 3.45. The lowest BCUT2D eigenvalue weighted by Gasteiger charge is -2.28. The van der Waals surface area contributed by atoms with Crippen molar-refractivity contribution in [3.63, 3.8) is 0 Å². The molecule has 0 aromatic heterocycles. The third-order valence-electron chi connectivity index (χ3n) is 2.62. The first-order valence-corrected chi connectivity index (χ1v) is 6.52. The number of halogens is 1. The summed E-state index contributed by atoms with van der Waals surface area (Å²) in [6.07, 6.45) is 9.25. The smallest absolute Gasteiger partial charge is 0.128 e. The van der Waals surface area contributed by atoms with Gasteiger partial charge in [0.05, 0.1) is 0 Å². The molecule has 2 heteroatoms. The Hall–Kier alpha value is -1.02. The monoisotopic (exact) mass is 278 g/mol. The van der Waals surface area contributed by atoms with Crippen molar-refractivity contribution in [1.82, 2.24) is 0 Å². The van der Waals surface area contributed by atoms with Gasteiger partial charge >= 0.3 is 0 Å². The molecule has 16 heavy (non-hydrogen) atoms. The molecule has 0 amide bonds. The summed E-state index contributed by atoms with van der Waals surface area (Å²) in [6, 6.07) is 8.19. The first-order chi connectivity index (χ1) is 7.72. The maximum atomic E-state index is 6.03. The van der Waals surface area contributed by atoms with E-state index in [2.05, 4.69) is 53.2 Å². The zero-order chi connectivity index (χ0) is 11.4. The minimum Gasteiger partial charge on any atom is -0.483 e. The van der Waals surface area contributed by atoms with E-state index < -0.39 is 0 Å². The van der Waals surface area contributed by atoms with Crippen LogP contribution in [0.15, 0.2) is 48.6 Å². The molecular formula is C14H15BrO. The van der Waals surface area contributed by atoms with Crippen LogP contribution in [0.3, 0.4) is 0 Å². The Kier molecular flexibility index (Phi) is 3.49. The van der Waals surface area contributed by atoms with Gasteiger partial charge in [0.25, 0.3) is 0 Å². The van der Waals surface area contributed by atoms with Crippen LogP contribution < -0.4 is 4.74 Å². The summed E-state index contributed by atoms with van der Waals surface area (Å²) in [5.74, 6) is 0.930. The van der Waals surface area contributed by atoms with Crippen LogP contribution in [0.5, 0.6) is 5.75 Å². The van der Waals surface area contributed by atoms with Gasteiger partial charge < -0.3 is 4.74 Å². The van der Waals surface area contributed by atoms with Gasteiger partial charge in [0.2, 0.25) is 0 Å². The second-order valence-electron chi connectivity index (χ2n) is 4.19. The van der Waals surface area contributed by atoms with Crippen LogP contribution >= 0.6 is 15.9 Å². The molecule has 0 radical (unpaired) electrons. The lowest BCUT2D eigenvalue weighted by atomic mass is 9.97. The third kappa shape index (κ3) is 2.76. The summed E-state index contributed by atoms with van der Waals surface area (Å²) in [5, 5.41) is 0.858. The van der Waals surface area contributed by atoms with Crippen LogP contribution in [0.4, 0.5) is 0 Å². The SMILES string of the molecule is CC1(Oc2cccc(CBr)c2)C=CC=CC1. The van der Waals surface area contributed by atoms with E-state index in [4.69, 9.17) is 4.74 Å². The zero-order valence-corrected chi connectivity index (χ0v) is 10.9. The molecule has 1 aromatic rings. The zero-order valence-electron chi connectivity index (χ0n) is 9.32. The fraction of sp³-hybridized carbons (Fsp3) is 0.286. The molecule has 0 saturated carbocycles. The summed E-state index contributed by atoms with van der Waals surface area (Å²) in [6.45, 7) is 2.10. The average molecular weight is 279 g/mol. The van der Waals surface area contributed by atoms with E-state index in [-0.39, 0.29) is 5.60 Å². The Labute approximate surface area is 105 Å². The Morgan fingerprint density at radius 3 is 2.94 bits per heavy atom. The van der Waals surface area contributed by atoms with Gasteiger partial charge in [-0.15, -0.1) is 0 Å². The summed E-state index contributed by atoms with van der Waals surface area (Å²) in [4.78, 5) is 0. The highest BCUT2D eigenvalue weighted by Gasteiger charge is 2.22. The molecule has 2 rings (SSSR count). The third-order valence-corrected chi connectivity index (χ3v) is 3.27. The van der Waals surface area contributed by atoms with E-state index in [0.29, 0.717) is 0 Å². The van der Waals surface area contributed by atoms with Crippen molar-refractivity contribution in [2.75, 3.05) is 0 Å². The number of hydrogen-bond acceptors (Lipinski definition) is 1. The lowest BCUT2D eigenvalue weighted by molar-refractivity contribution is 0.143. The molecule has 1 unspecified atom stereocenters. The van der Waals surface area contributed by atoms with E-state index in [9.17, 15) is 0 Å². The van der Waals surface area contributed by atoms with Crippen molar-refractivity contribution in [2.24, 2.45) is 0 Å². The van der Waals surface area contributed by atoms with Gasteiger partial charge in [0.15, 0.2) is 0 Å². The molecule has 1 aromatic carbocycles. The Morgan fingerprint density at radius 2 is 2.25 bits per heavy atom. The van der Waals surface area contributed by atoms with Crippen LogP contribution in [0.2, 0.25) is 0 Å². The normalized spacial score (nSPS) is 23.4. The van der Waals surface area contributed by atoms with E-state index in [1.807, 2.05) is 18.2 Å². The highest BCUT2D eigenvalue weighted by molar-refractivity contribution is 9.08. The van der Waals surface area contributed by atoms with Gasteiger partial charge in [0, 0.05) is 11.8 Å². The first kappa shape index (κ1) is 11.5. The molecule has 0 spiro atoms. The standard InChI is InChI=1S/C14H15BrO/c1-14(8-3-2-4-9-14)16-13-7-5-6-12(10-13)11-15/h2-8,10H,9,11H2,1H3. The van der Waals surface area contributed by atoms with E-state index in [1.165, 1.54) is 5.56 Å². The summed E-state index contributed by atoms with van der Waals surface area (Å²) in [5.41, 5.74) is 1.02. The quantitative estimate of drug-likeness (QED) is 0.752. The minimum absolute atomic E-state index is 0.209. The Bertz CT molecular complexity index is 422. The van der Waals surface area contributed by atoms with Gasteiger partial charge in [-0.25, -0.2) is 0 Å². The van der Waals surface area contributed by atoms with E-state index >= 15 is 0 Å². The topological polar surface area (TPSA) is 9.23 Å². The number of hydrogen-bond donors (Lipinski definition) is 0. The van der Waals surface area contributed by atoms with Crippen molar-refractivity contribution >= 4 is 15.9 Å². The molecule has 0 saturated heterocycles. The van der Waals surface area contributed by atoms with Crippen LogP contribution in [0.1, 0.15) is 18.9 Å². The number of alkyl halides is 1. The summed E-state index contributed by atoms with van der Waals surface area (Å²) in [7, 11) is 0. The number of benzene rings is 1. The Balaban J connectivity index is 2.14. The summed E-state index contributed by atoms with van der Waals surface area (Å²) < 4.78 is 6.03. The van der Waals surface area contributed by atoms with Crippen LogP contribution in [-0.2, 0) is 5.33 Å². The number of ether oxygens (including phenoxy) is 1. The molecule has 0 bridgehead atoms. The van der Waals surface area contributed by atoms with Crippen LogP contribution in [0.25, 0.3) is 0 Å². The molecule has 0 fully saturated rings. The lowest BCUT2D eigenvalue weighted by Crippen LogP contribution is -2.30. The average Bonchev–Trinajstić information content (AvgIpc) is 2.29. The van der Waals surface area contributed by atoms with Crippen LogP contribution in [0, 0.1) is 0 Å². The maximum Gasteiger partial charge on any atom is 0.128 e. The number of rotatable bonds is 3. The minimum atomic E-state index is -0.209. The predicted molar refractivity (Wildman–Crippen MR) is 71.0 cm³/mol. The molecule has 0 heterocycles. The van der Waals surface area contributed by atoms with Gasteiger partial charge in [-0.1, -0.05) is 46.3 Å². The molecule has 84 valence electrons. The van der Waals surface area contributed by atoms with Crippen molar-refractivity contribution in [2.45, 2.75) is 24.3 Å². The molecule has 1 aliphatic rings. The van der Waals surface area contributed by atoms with Gasteiger partial charge in [-0.3, -0.25) is 0 Å². The van der Waals surface area contributed by atoms with Crippen molar-refractivity contribution in [1.29, 1.82) is 0 Å². The molecule has 1 nitrogen and oxygen atoms in total. The number of allylic oxidation sites excluding steroid dienone is 2. The van der Waals surface area contributed by atoms with Crippen molar-refractivity contribution < 1.29 is 4.74 Å².